The Morgan fingerprint density at radius 3 is 2.55 bits per heavy atom. The van der Waals surface area contributed by atoms with E-state index in [2.05, 4.69) is 20.2 Å². The highest BCUT2D eigenvalue weighted by Crippen LogP contribution is 2.35. The zero-order valence-corrected chi connectivity index (χ0v) is 22.2. The minimum absolute atomic E-state index is 0.0115. The maximum Gasteiger partial charge on any atom is 0.273 e. The van der Waals surface area contributed by atoms with Crippen LogP contribution in [0.3, 0.4) is 0 Å². The highest BCUT2D eigenvalue weighted by atomic mass is 35.5. The molecule has 2 aliphatic carbocycles. The van der Waals surface area contributed by atoms with Gasteiger partial charge >= 0.3 is 0 Å². The van der Waals surface area contributed by atoms with E-state index in [0.29, 0.717) is 62.1 Å². The molecule has 0 atom stereocenters. The van der Waals surface area contributed by atoms with Crippen molar-refractivity contribution in [3.05, 3.63) is 40.9 Å². The predicted molar refractivity (Wildman–Crippen MR) is 144 cm³/mol. The smallest absolute Gasteiger partial charge is 0.273 e. The van der Waals surface area contributed by atoms with E-state index in [-0.39, 0.29) is 35.2 Å². The molecule has 3 amide bonds. The minimum atomic E-state index is -0.728. The molecule has 1 aromatic carbocycles. The van der Waals surface area contributed by atoms with Gasteiger partial charge in [-0.25, -0.2) is 4.98 Å². The summed E-state index contributed by atoms with van der Waals surface area (Å²) < 4.78 is 5.44. The lowest BCUT2D eigenvalue weighted by Crippen LogP contribution is -2.44. The molecule has 0 radical (unpaired) electrons. The number of rotatable bonds is 9. The van der Waals surface area contributed by atoms with Crippen molar-refractivity contribution >= 4 is 40.7 Å². The fraction of sp³-hybridized carbons (Fsp3) is 0.556. The molecular weight excluding hydrogens is 508 g/mol. The molecule has 1 saturated heterocycles. The molecule has 1 aliphatic heterocycles. The highest BCUT2D eigenvalue weighted by Gasteiger charge is 2.35. The first-order valence-corrected chi connectivity index (χ1v) is 13.9. The van der Waals surface area contributed by atoms with E-state index in [1.807, 2.05) is 23.1 Å². The first-order valence-electron chi connectivity index (χ1n) is 13.5. The summed E-state index contributed by atoms with van der Waals surface area (Å²) in [6.07, 6.45) is 7.39. The van der Waals surface area contributed by atoms with Gasteiger partial charge in [-0.15, -0.1) is 0 Å². The van der Waals surface area contributed by atoms with Gasteiger partial charge in [0.1, 0.15) is 5.69 Å². The molecule has 5 rings (SSSR count). The van der Waals surface area contributed by atoms with Crippen LogP contribution in [0.1, 0.15) is 65.9 Å². The summed E-state index contributed by atoms with van der Waals surface area (Å²) in [7, 11) is 0. The van der Waals surface area contributed by atoms with Crippen LogP contribution in [-0.2, 0) is 9.53 Å². The van der Waals surface area contributed by atoms with Crippen molar-refractivity contribution in [2.24, 2.45) is 17.6 Å². The van der Waals surface area contributed by atoms with Crippen molar-refractivity contribution in [1.82, 2.24) is 14.9 Å². The lowest BCUT2D eigenvalue weighted by molar-refractivity contribution is -0.121. The second-order valence-electron chi connectivity index (χ2n) is 10.5. The highest BCUT2D eigenvalue weighted by molar-refractivity contribution is 6.33. The summed E-state index contributed by atoms with van der Waals surface area (Å²) in [6.45, 7) is 3.57. The summed E-state index contributed by atoms with van der Waals surface area (Å²) in [5, 5.41) is 3.55. The van der Waals surface area contributed by atoms with E-state index in [9.17, 15) is 14.4 Å². The van der Waals surface area contributed by atoms with E-state index in [1.165, 1.54) is 19.2 Å². The number of imidazole rings is 1. The Kier molecular flexibility index (Phi) is 8.18. The van der Waals surface area contributed by atoms with Crippen molar-refractivity contribution < 1.29 is 19.1 Å². The summed E-state index contributed by atoms with van der Waals surface area (Å²) in [5.74, 6) is -0.541. The molecule has 2 heterocycles. The Balaban J connectivity index is 1.22. The monoisotopic (exact) mass is 542 g/mol. The molecule has 0 spiro atoms. The molecule has 11 heteroatoms. The number of amides is 3. The molecular formula is C27H35ClN6O4. The number of carbonyl (C=O) groups excluding carboxylic acids is 3. The summed E-state index contributed by atoms with van der Waals surface area (Å²) in [6, 6.07) is 5.70. The fourth-order valence-corrected chi connectivity index (χ4v) is 5.64. The normalized spacial score (nSPS) is 21.7. The number of morpholine rings is 1. The zero-order valence-electron chi connectivity index (χ0n) is 21.5. The second kappa shape index (κ2) is 11.7. The van der Waals surface area contributed by atoms with E-state index in [0.717, 1.165) is 25.2 Å². The molecule has 2 aromatic rings. The van der Waals surface area contributed by atoms with Gasteiger partial charge in [0.15, 0.2) is 5.69 Å². The average Bonchev–Trinajstić information content (AvgIpc) is 3.62. The van der Waals surface area contributed by atoms with Gasteiger partial charge in [-0.05, 0) is 56.2 Å². The van der Waals surface area contributed by atoms with Crippen molar-refractivity contribution in [2.45, 2.75) is 51.0 Å². The zero-order chi connectivity index (χ0) is 26.6. The average molecular weight is 543 g/mol. The number of H-pyrrole nitrogens is 1. The van der Waals surface area contributed by atoms with Crippen LogP contribution in [0.25, 0.3) is 0 Å². The molecule has 0 unspecified atom stereocenters. The molecule has 10 nitrogen and oxygen atoms in total. The Bertz CT molecular complexity index is 1170. The lowest BCUT2D eigenvalue weighted by Gasteiger charge is -2.36. The molecule has 1 aromatic heterocycles. The summed E-state index contributed by atoms with van der Waals surface area (Å²) in [5.41, 5.74) is 7.16. The summed E-state index contributed by atoms with van der Waals surface area (Å²) >= 11 is 6.42. The van der Waals surface area contributed by atoms with E-state index < -0.39 is 5.91 Å². The topological polar surface area (TPSA) is 134 Å². The van der Waals surface area contributed by atoms with Gasteiger partial charge in [0, 0.05) is 37.3 Å². The fourth-order valence-electron chi connectivity index (χ4n) is 5.48. The van der Waals surface area contributed by atoms with Crippen molar-refractivity contribution in [3.8, 4) is 0 Å². The molecule has 0 bridgehead atoms. The lowest BCUT2D eigenvalue weighted by atomic mass is 9.84. The van der Waals surface area contributed by atoms with Gasteiger partial charge in [0.25, 0.3) is 11.8 Å². The van der Waals surface area contributed by atoms with Crippen LogP contribution in [0.5, 0.6) is 0 Å². The van der Waals surface area contributed by atoms with E-state index in [1.54, 1.807) is 0 Å². The molecule has 3 fully saturated rings. The Morgan fingerprint density at radius 2 is 1.87 bits per heavy atom. The van der Waals surface area contributed by atoms with Crippen molar-refractivity contribution in [2.75, 3.05) is 43.1 Å². The largest absolute Gasteiger partial charge is 0.378 e. The maximum atomic E-state index is 13.5. The molecule has 204 valence electrons. The Labute approximate surface area is 227 Å². The van der Waals surface area contributed by atoms with E-state index >= 15 is 0 Å². The van der Waals surface area contributed by atoms with Gasteiger partial charge in [-0.1, -0.05) is 24.4 Å². The van der Waals surface area contributed by atoms with Crippen LogP contribution < -0.4 is 16.0 Å². The van der Waals surface area contributed by atoms with Gasteiger partial charge in [0.05, 0.1) is 30.3 Å². The van der Waals surface area contributed by atoms with Crippen LogP contribution in [0, 0.1) is 11.8 Å². The first-order chi connectivity index (χ1) is 18.4. The number of aromatic nitrogens is 2. The second-order valence-corrected chi connectivity index (χ2v) is 10.9. The Hall–Kier alpha value is -3.11. The number of primary amides is 1. The third-order valence-corrected chi connectivity index (χ3v) is 8.24. The van der Waals surface area contributed by atoms with Gasteiger partial charge < -0.3 is 30.6 Å². The number of ether oxygens (including phenoxy) is 1. The van der Waals surface area contributed by atoms with Crippen molar-refractivity contribution in [1.29, 1.82) is 0 Å². The number of benzene rings is 1. The number of carbonyl (C=O) groups is 3. The predicted octanol–water partition coefficient (Wildman–Crippen LogP) is 3.44. The maximum absolute atomic E-state index is 13.5. The number of aromatic amines is 1. The van der Waals surface area contributed by atoms with Gasteiger partial charge in [-0.2, -0.15) is 0 Å². The molecule has 4 N–H and O–H groups in total. The standard InChI is InChI=1S/C27H35ClN6O4/c28-21-8-7-20(33-11-13-38-14-12-33)15-22(21)32-26(36)18-3-5-19(6-4-18)34(10-9-17-1-2-17)27(37)24-23(25(29)35)30-16-31-24/h7-8,15-19H,1-6,9-14H2,(H2,29,35)(H,30,31)(H,32,36). The SMILES string of the molecule is NC(=O)c1nc[nH]c1C(=O)N(CCC1CC1)C1CCC(C(=O)Nc2cc(N3CCOCC3)ccc2Cl)CC1. The molecule has 2 saturated carbocycles. The summed E-state index contributed by atoms with van der Waals surface area (Å²) in [4.78, 5) is 49.3. The third kappa shape index (κ3) is 6.13. The van der Waals surface area contributed by atoms with Crippen LogP contribution >= 0.6 is 11.6 Å². The number of nitrogens with one attached hydrogen (secondary N) is 2. The van der Waals surface area contributed by atoms with Gasteiger partial charge in [0.2, 0.25) is 5.91 Å². The molecule has 3 aliphatic rings. The van der Waals surface area contributed by atoms with Crippen molar-refractivity contribution in [3.63, 3.8) is 0 Å². The van der Waals surface area contributed by atoms with Crippen LogP contribution in [0.15, 0.2) is 24.5 Å². The van der Waals surface area contributed by atoms with Gasteiger partial charge in [-0.3, -0.25) is 14.4 Å². The number of anilines is 2. The van der Waals surface area contributed by atoms with Crippen LogP contribution in [0.4, 0.5) is 11.4 Å². The Morgan fingerprint density at radius 1 is 1.13 bits per heavy atom. The number of hydrogen-bond acceptors (Lipinski definition) is 6. The number of halogens is 1. The first kappa shape index (κ1) is 26.5. The van der Waals surface area contributed by atoms with Crippen LogP contribution in [0.2, 0.25) is 5.02 Å². The third-order valence-electron chi connectivity index (χ3n) is 7.91. The minimum Gasteiger partial charge on any atom is -0.378 e. The number of nitrogens with two attached hydrogens (primary N) is 1. The van der Waals surface area contributed by atoms with Crippen LogP contribution in [-0.4, -0.2) is 71.5 Å². The quantitative estimate of drug-likeness (QED) is 0.444. The number of nitrogens with zero attached hydrogens (tertiary/aromatic N) is 3. The van der Waals surface area contributed by atoms with E-state index in [4.69, 9.17) is 22.1 Å². The number of hydrogen-bond donors (Lipinski definition) is 3. The molecule has 38 heavy (non-hydrogen) atoms.